The lowest BCUT2D eigenvalue weighted by atomic mass is 10.1. The van der Waals surface area contributed by atoms with Crippen molar-refractivity contribution in [2.75, 3.05) is 19.0 Å². The average molecular weight is 250 g/mol. The maximum absolute atomic E-state index is 5.39. The lowest BCUT2D eigenvalue weighted by Gasteiger charge is -2.23. The fraction of sp³-hybridized carbons (Fsp3) is 0.462. The molecular formula is C13H18N2OS. The SMILES string of the molecule is COC(C)(C)CCNc1ccc2ncsc2c1. The van der Waals surface area contributed by atoms with Crippen molar-refractivity contribution in [3.8, 4) is 0 Å². The monoisotopic (exact) mass is 250 g/mol. The fourth-order valence-corrected chi connectivity index (χ4v) is 2.29. The van der Waals surface area contributed by atoms with Crippen molar-refractivity contribution in [1.82, 2.24) is 4.98 Å². The van der Waals surface area contributed by atoms with Crippen LogP contribution in [0.2, 0.25) is 0 Å². The normalized spacial score (nSPS) is 11.9. The second-order valence-corrected chi connectivity index (χ2v) is 5.56. The van der Waals surface area contributed by atoms with Crippen molar-refractivity contribution in [1.29, 1.82) is 0 Å². The summed E-state index contributed by atoms with van der Waals surface area (Å²) in [5, 5.41) is 3.42. The zero-order valence-electron chi connectivity index (χ0n) is 10.5. The number of ether oxygens (including phenoxy) is 1. The summed E-state index contributed by atoms with van der Waals surface area (Å²) in [5.41, 5.74) is 4.02. The van der Waals surface area contributed by atoms with E-state index in [9.17, 15) is 0 Å². The van der Waals surface area contributed by atoms with Crippen LogP contribution in [0.1, 0.15) is 20.3 Å². The number of anilines is 1. The Hall–Kier alpha value is -1.13. The highest BCUT2D eigenvalue weighted by atomic mass is 32.1. The van der Waals surface area contributed by atoms with Gasteiger partial charge in [0.25, 0.3) is 0 Å². The van der Waals surface area contributed by atoms with Crippen LogP contribution in [0.4, 0.5) is 5.69 Å². The van der Waals surface area contributed by atoms with Crippen LogP contribution in [0.5, 0.6) is 0 Å². The molecule has 1 aromatic heterocycles. The molecule has 0 saturated heterocycles. The smallest absolute Gasteiger partial charge is 0.0813 e. The number of hydrogen-bond acceptors (Lipinski definition) is 4. The van der Waals surface area contributed by atoms with Crippen LogP contribution in [0.25, 0.3) is 10.2 Å². The van der Waals surface area contributed by atoms with Crippen molar-refractivity contribution < 1.29 is 4.74 Å². The number of methoxy groups -OCH3 is 1. The second-order valence-electron chi connectivity index (χ2n) is 4.68. The molecule has 3 nitrogen and oxygen atoms in total. The molecule has 2 rings (SSSR count). The van der Waals surface area contributed by atoms with E-state index < -0.39 is 0 Å². The minimum Gasteiger partial charge on any atom is -0.385 e. The maximum Gasteiger partial charge on any atom is 0.0813 e. The number of fused-ring (bicyclic) bond motifs is 1. The molecule has 0 aliphatic rings. The lowest BCUT2D eigenvalue weighted by molar-refractivity contribution is 0.0185. The highest BCUT2D eigenvalue weighted by Crippen LogP contribution is 2.22. The van der Waals surface area contributed by atoms with Gasteiger partial charge in [-0.05, 0) is 38.5 Å². The number of nitrogens with one attached hydrogen (secondary N) is 1. The van der Waals surface area contributed by atoms with Gasteiger partial charge >= 0.3 is 0 Å². The zero-order chi connectivity index (χ0) is 12.3. The van der Waals surface area contributed by atoms with Gasteiger partial charge in [-0.1, -0.05) is 0 Å². The van der Waals surface area contributed by atoms with Crippen molar-refractivity contribution in [3.63, 3.8) is 0 Å². The Morgan fingerprint density at radius 2 is 2.24 bits per heavy atom. The van der Waals surface area contributed by atoms with Gasteiger partial charge in [-0.25, -0.2) is 4.98 Å². The Balaban J connectivity index is 1.95. The van der Waals surface area contributed by atoms with E-state index in [1.807, 2.05) is 5.51 Å². The van der Waals surface area contributed by atoms with Gasteiger partial charge in [0, 0.05) is 19.3 Å². The van der Waals surface area contributed by atoms with Gasteiger partial charge in [0.05, 0.1) is 21.3 Å². The summed E-state index contributed by atoms with van der Waals surface area (Å²) >= 11 is 1.67. The number of aromatic nitrogens is 1. The van der Waals surface area contributed by atoms with Crippen LogP contribution in [0.15, 0.2) is 23.7 Å². The minimum absolute atomic E-state index is 0.0679. The Morgan fingerprint density at radius 1 is 1.41 bits per heavy atom. The highest BCUT2D eigenvalue weighted by molar-refractivity contribution is 7.16. The molecule has 92 valence electrons. The molecule has 0 spiro atoms. The first kappa shape index (κ1) is 12.3. The van der Waals surface area contributed by atoms with Gasteiger partial charge in [-0.15, -0.1) is 11.3 Å². The van der Waals surface area contributed by atoms with E-state index in [2.05, 4.69) is 42.3 Å². The minimum atomic E-state index is -0.0679. The van der Waals surface area contributed by atoms with Crippen LogP contribution < -0.4 is 5.32 Å². The molecule has 4 heteroatoms. The number of hydrogen-bond donors (Lipinski definition) is 1. The first-order chi connectivity index (χ1) is 8.11. The van der Waals surface area contributed by atoms with E-state index in [4.69, 9.17) is 4.74 Å². The summed E-state index contributed by atoms with van der Waals surface area (Å²) < 4.78 is 6.61. The van der Waals surface area contributed by atoms with E-state index in [1.165, 1.54) is 4.70 Å². The molecule has 0 unspecified atom stereocenters. The fourth-order valence-electron chi connectivity index (χ4n) is 1.57. The highest BCUT2D eigenvalue weighted by Gasteiger charge is 2.15. The van der Waals surface area contributed by atoms with Gasteiger partial charge in [0.1, 0.15) is 0 Å². The third kappa shape index (κ3) is 3.17. The molecule has 0 aliphatic carbocycles. The molecular weight excluding hydrogens is 232 g/mol. The molecule has 1 aromatic carbocycles. The predicted molar refractivity (Wildman–Crippen MR) is 73.8 cm³/mol. The Bertz CT molecular complexity index is 493. The lowest BCUT2D eigenvalue weighted by Crippen LogP contribution is -2.25. The number of thiazole rings is 1. The summed E-state index contributed by atoms with van der Waals surface area (Å²) in [6.07, 6.45) is 0.976. The summed E-state index contributed by atoms with van der Waals surface area (Å²) in [6, 6.07) is 6.27. The zero-order valence-corrected chi connectivity index (χ0v) is 11.3. The van der Waals surface area contributed by atoms with Gasteiger partial charge in [0.2, 0.25) is 0 Å². The van der Waals surface area contributed by atoms with Crippen molar-refractivity contribution >= 4 is 27.2 Å². The topological polar surface area (TPSA) is 34.1 Å². The van der Waals surface area contributed by atoms with E-state index >= 15 is 0 Å². The van der Waals surface area contributed by atoms with Gasteiger partial charge < -0.3 is 10.1 Å². The molecule has 0 radical (unpaired) electrons. The van der Waals surface area contributed by atoms with Gasteiger partial charge in [-0.3, -0.25) is 0 Å². The Kier molecular flexibility index (Phi) is 3.64. The first-order valence-corrected chi connectivity index (χ1v) is 6.61. The van der Waals surface area contributed by atoms with Crippen molar-refractivity contribution in [2.45, 2.75) is 25.9 Å². The molecule has 0 bridgehead atoms. The summed E-state index contributed by atoms with van der Waals surface area (Å²) in [4.78, 5) is 4.26. The standard InChI is InChI=1S/C13H18N2OS/c1-13(2,16-3)6-7-14-10-4-5-11-12(8-10)17-9-15-11/h4-5,8-9,14H,6-7H2,1-3H3. The first-order valence-electron chi connectivity index (χ1n) is 5.73. The van der Waals surface area contributed by atoms with E-state index in [1.54, 1.807) is 18.4 Å². The van der Waals surface area contributed by atoms with Crippen LogP contribution in [0.3, 0.4) is 0 Å². The number of benzene rings is 1. The third-order valence-electron chi connectivity index (χ3n) is 2.94. The van der Waals surface area contributed by atoms with Crippen LogP contribution in [0, 0.1) is 0 Å². The van der Waals surface area contributed by atoms with Crippen molar-refractivity contribution in [3.05, 3.63) is 23.7 Å². The molecule has 0 fully saturated rings. The number of rotatable bonds is 5. The third-order valence-corrected chi connectivity index (χ3v) is 3.73. The molecule has 0 amide bonds. The molecule has 1 N–H and O–H groups in total. The molecule has 17 heavy (non-hydrogen) atoms. The second kappa shape index (κ2) is 5.02. The van der Waals surface area contributed by atoms with E-state index in [0.29, 0.717) is 0 Å². The molecule has 0 saturated carbocycles. The van der Waals surface area contributed by atoms with Crippen LogP contribution >= 0.6 is 11.3 Å². The van der Waals surface area contributed by atoms with Crippen molar-refractivity contribution in [2.24, 2.45) is 0 Å². The Labute approximate surface area is 106 Å². The van der Waals surface area contributed by atoms with Crippen LogP contribution in [-0.2, 0) is 4.74 Å². The molecule has 2 aromatic rings. The van der Waals surface area contributed by atoms with Crippen LogP contribution in [-0.4, -0.2) is 24.2 Å². The van der Waals surface area contributed by atoms with Gasteiger partial charge in [0.15, 0.2) is 0 Å². The Morgan fingerprint density at radius 3 is 3.00 bits per heavy atom. The van der Waals surface area contributed by atoms with E-state index in [-0.39, 0.29) is 5.60 Å². The van der Waals surface area contributed by atoms with E-state index in [0.717, 1.165) is 24.2 Å². The molecule has 0 aliphatic heterocycles. The quantitative estimate of drug-likeness (QED) is 0.881. The summed E-state index contributed by atoms with van der Waals surface area (Å²) in [5.74, 6) is 0. The average Bonchev–Trinajstić information content (AvgIpc) is 2.76. The summed E-state index contributed by atoms with van der Waals surface area (Å²) in [6.45, 7) is 5.10. The number of nitrogens with zero attached hydrogens (tertiary/aromatic N) is 1. The molecule has 0 atom stereocenters. The predicted octanol–water partition coefficient (Wildman–Crippen LogP) is 3.52. The largest absolute Gasteiger partial charge is 0.385 e. The maximum atomic E-state index is 5.39. The van der Waals surface area contributed by atoms with Gasteiger partial charge in [-0.2, -0.15) is 0 Å². The summed E-state index contributed by atoms with van der Waals surface area (Å²) in [7, 11) is 1.75. The molecule has 1 heterocycles.